The molecule has 0 aromatic carbocycles. The van der Waals surface area contributed by atoms with E-state index >= 15 is 0 Å². The lowest BCUT2D eigenvalue weighted by molar-refractivity contribution is -0.132. The number of fused-ring (bicyclic) bond motifs is 1. The largest absolute Gasteiger partial charge is 0.339 e. The standard InChI is InChI=1S/C8H10N2OS/c1-5-7-6(9-4-12-7)3-10(2)8(5)11/h4-5H,3H2,1-2H3. The number of carbonyl (C=O) groups excluding carboxylic acids is 1. The zero-order valence-electron chi connectivity index (χ0n) is 7.07. The molecule has 2 heterocycles. The average molecular weight is 182 g/mol. The SMILES string of the molecule is CC1C(=O)N(C)Cc2ncsc21. The highest BCUT2D eigenvalue weighted by atomic mass is 32.1. The number of amides is 1. The van der Waals surface area contributed by atoms with Crippen molar-refractivity contribution in [2.24, 2.45) is 0 Å². The molecule has 1 aliphatic heterocycles. The number of hydrogen-bond acceptors (Lipinski definition) is 3. The first-order valence-electron chi connectivity index (χ1n) is 3.87. The topological polar surface area (TPSA) is 33.2 Å². The molecule has 0 bridgehead atoms. The molecule has 1 aliphatic rings. The maximum absolute atomic E-state index is 11.5. The molecule has 1 unspecified atom stereocenters. The van der Waals surface area contributed by atoms with Crippen molar-refractivity contribution in [2.45, 2.75) is 19.4 Å². The van der Waals surface area contributed by atoms with Crippen LogP contribution in [0.5, 0.6) is 0 Å². The Labute approximate surface area is 75.0 Å². The third-order valence-electron chi connectivity index (χ3n) is 2.20. The molecule has 0 saturated heterocycles. The molecule has 12 heavy (non-hydrogen) atoms. The van der Waals surface area contributed by atoms with Crippen molar-refractivity contribution < 1.29 is 4.79 Å². The van der Waals surface area contributed by atoms with E-state index < -0.39 is 0 Å². The van der Waals surface area contributed by atoms with Crippen LogP contribution in [0, 0.1) is 0 Å². The van der Waals surface area contributed by atoms with Crippen molar-refractivity contribution in [2.75, 3.05) is 7.05 Å². The second-order valence-electron chi connectivity index (χ2n) is 3.08. The van der Waals surface area contributed by atoms with Crippen LogP contribution in [-0.4, -0.2) is 22.8 Å². The van der Waals surface area contributed by atoms with Gasteiger partial charge in [-0.25, -0.2) is 4.98 Å². The Kier molecular flexibility index (Phi) is 1.65. The first-order valence-corrected chi connectivity index (χ1v) is 4.75. The van der Waals surface area contributed by atoms with E-state index in [4.69, 9.17) is 0 Å². The van der Waals surface area contributed by atoms with Gasteiger partial charge in [0.2, 0.25) is 5.91 Å². The van der Waals surface area contributed by atoms with Crippen LogP contribution >= 0.6 is 11.3 Å². The molecule has 64 valence electrons. The molecule has 0 N–H and O–H groups in total. The van der Waals surface area contributed by atoms with E-state index in [2.05, 4.69) is 4.98 Å². The summed E-state index contributed by atoms with van der Waals surface area (Å²) >= 11 is 1.58. The fraction of sp³-hybridized carbons (Fsp3) is 0.500. The summed E-state index contributed by atoms with van der Waals surface area (Å²) < 4.78 is 0. The Morgan fingerprint density at radius 3 is 3.25 bits per heavy atom. The highest BCUT2D eigenvalue weighted by Gasteiger charge is 2.29. The quantitative estimate of drug-likeness (QED) is 0.604. The molecular weight excluding hydrogens is 172 g/mol. The summed E-state index contributed by atoms with van der Waals surface area (Å²) in [5.41, 5.74) is 2.88. The number of carbonyl (C=O) groups is 1. The van der Waals surface area contributed by atoms with Gasteiger partial charge in [0.1, 0.15) is 0 Å². The van der Waals surface area contributed by atoms with Crippen molar-refractivity contribution in [3.05, 3.63) is 16.1 Å². The monoisotopic (exact) mass is 182 g/mol. The predicted octanol–water partition coefficient (Wildman–Crippen LogP) is 1.22. The minimum atomic E-state index is 0.00579. The molecule has 0 fully saturated rings. The number of hydrogen-bond donors (Lipinski definition) is 0. The molecule has 1 aromatic rings. The number of thiazole rings is 1. The third kappa shape index (κ3) is 0.948. The van der Waals surface area contributed by atoms with Gasteiger partial charge in [-0.05, 0) is 6.92 Å². The first kappa shape index (κ1) is 7.73. The minimum absolute atomic E-state index is 0.00579. The summed E-state index contributed by atoms with van der Waals surface area (Å²) in [6.07, 6.45) is 0. The average Bonchev–Trinajstić information content (AvgIpc) is 2.48. The molecule has 0 saturated carbocycles. The fourth-order valence-corrected chi connectivity index (χ4v) is 2.35. The number of likely N-dealkylation sites (N-methyl/N-ethyl adjacent to an activating group) is 1. The van der Waals surface area contributed by atoms with Crippen LogP contribution in [0.3, 0.4) is 0 Å². The number of rotatable bonds is 0. The summed E-state index contributed by atoms with van der Waals surface area (Å²) in [6.45, 7) is 2.61. The lowest BCUT2D eigenvalue weighted by Gasteiger charge is -2.25. The van der Waals surface area contributed by atoms with Gasteiger partial charge in [0.25, 0.3) is 0 Å². The molecule has 0 aliphatic carbocycles. The van der Waals surface area contributed by atoms with E-state index in [9.17, 15) is 4.79 Å². The summed E-state index contributed by atoms with van der Waals surface area (Å²) in [5.74, 6) is 0.206. The van der Waals surface area contributed by atoms with Crippen LogP contribution in [0.25, 0.3) is 0 Å². The highest BCUT2D eigenvalue weighted by molar-refractivity contribution is 7.10. The third-order valence-corrected chi connectivity index (χ3v) is 3.25. The highest BCUT2D eigenvalue weighted by Crippen LogP contribution is 2.30. The second kappa shape index (κ2) is 2.55. The molecule has 1 aromatic heterocycles. The summed E-state index contributed by atoms with van der Waals surface area (Å²) in [6, 6.07) is 0. The zero-order chi connectivity index (χ0) is 8.72. The lowest BCUT2D eigenvalue weighted by atomic mass is 10.0. The van der Waals surface area contributed by atoms with Gasteiger partial charge in [0, 0.05) is 11.9 Å². The Bertz CT molecular complexity index is 321. The van der Waals surface area contributed by atoms with Crippen LogP contribution in [0.1, 0.15) is 23.4 Å². The number of nitrogens with zero attached hydrogens (tertiary/aromatic N) is 2. The van der Waals surface area contributed by atoms with E-state index in [0.29, 0.717) is 6.54 Å². The second-order valence-corrected chi connectivity index (χ2v) is 3.97. The Morgan fingerprint density at radius 2 is 2.50 bits per heavy atom. The lowest BCUT2D eigenvalue weighted by Crippen LogP contribution is -2.34. The fourth-order valence-electron chi connectivity index (χ4n) is 1.49. The molecule has 4 heteroatoms. The van der Waals surface area contributed by atoms with E-state index in [0.717, 1.165) is 10.6 Å². The smallest absolute Gasteiger partial charge is 0.230 e. The van der Waals surface area contributed by atoms with Crippen molar-refractivity contribution in [3.63, 3.8) is 0 Å². The van der Waals surface area contributed by atoms with Crippen molar-refractivity contribution >= 4 is 17.2 Å². The van der Waals surface area contributed by atoms with Gasteiger partial charge in [-0.1, -0.05) is 0 Å². The summed E-state index contributed by atoms with van der Waals surface area (Å²) in [7, 11) is 1.82. The van der Waals surface area contributed by atoms with Gasteiger partial charge in [-0.15, -0.1) is 11.3 Å². The normalized spacial score (nSPS) is 22.7. The van der Waals surface area contributed by atoms with E-state index in [-0.39, 0.29) is 11.8 Å². The Balaban J connectivity index is 2.45. The van der Waals surface area contributed by atoms with E-state index in [1.165, 1.54) is 0 Å². The number of aromatic nitrogens is 1. The first-order chi connectivity index (χ1) is 5.70. The van der Waals surface area contributed by atoms with Crippen LogP contribution in [0.2, 0.25) is 0 Å². The summed E-state index contributed by atoms with van der Waals surface area (Å²) in [5, 5.41) is 0. The van der Waals surface area contributed by atoms with Crippen LogP contribution in [-0.2, 0) is 11.3 Å². The van der Waals surface area contributed by atoms with Crippen LogP contribution in [0.15, 0.2) is 5.51 Å². The van der Waals surface area contributed by atoms with Crippen LogP contribution in [0.4, 0.5) is 0 Å². The minimum Gasteiger partial charge on any atom is -0.339 e. The zero-order valence-corrected chi connectivity index (χ0v) is 7.89. The van der Waals surface area contributed by atoms with E-state index in [1.807, 2.05) is 19.5 Å². The maximum atomic E-state index is 11.5. The van der Waals surface area contributed by atoms with Gasteiger partial charge in [-0.2, -0.15) is 0 Å². The molecule has 2 rings (SSSR count). The van der Waals surface area contributed by atoms with Crippen molar-refractivity contribution in [3.8, 4) is 0 Å². The van der Waals surface area contributed by atoms with Gasteiger partial charge in [0.15, 0.2) is 0 Å². The molecule has 0 radical (unpaired) electrons. The van der Waals surface area contributed by atoms with Gasteiger partial charge in [-0.3, -0.25) is 4.79 Å². The summed E-state index contributed by atoms with van der Waals surface area (Å²) in [4.78, 5) is 18.6. The Morgan fingerprint density at radius 1 is 1.75 bits per heavy atom. The van der Waals surface area contributed by atoms with Crippen LogP contribution < -0.4 is 0 Å². The molecule has 0 spiro atoms. The van der Waals surface area contributed by atoms with Crippen molar-refractivity contribution in [1.29, 1.82) is 0 Å². The van der Waals surface area contributed by atoms with Crippen molar-refractivity contribution in [1.82, 2.24) is 9.88 Å². The molecule has 3 nitrogen and oxygen atoms in total. The van der Waals surface area contributed by atoms with Gasteiger partial charge < -0.3 is 4.90 Å². The van der Waals surface area contributed by atoms with Gasteiger partial charge in [0.05, 0.1) is 23.7 Å². The molecule has 1 amide bonds. The van der Waals surface area contributed by atoms with Gasteiger partial charge >= 0.3 is 0 Å². The molecular formula is C8H10N2OS. The maximum Gasteiger partial charge on any atom is 0.230 e. The predicted molar refractivity (Wildman–Crippen MR) is 47.0 cm³/mol. The Hall–Kier alpha value is -0.900. The molecule has 1 atom stereocenters. The van der Waals surface area contributed by atoms with E-state index in [1.54, 1.807) is 16.2 Å².